The smallest absolute Gasteiger partial charge is 0.306 e. The minimum Gasteiger partial charge on any atom is -0.481 e. The van der Waals surface area contributed by atoms with E-state index in [0.717, 1.165) is 63.3 Å². The van der Waals surface area contributed by atoms with Crippen LogP contribution in [0.25, 0.3) is 0 Å². The third-order valence-corrected chi connectivity index (χ3v) is 4.54. The molecule has 0 amide bonds. The van der Waals surface area contributed by atoms with E-state index in [1.807, 2.05) is 12.4 Å². The van der Waals surface area contributed by atoms with Crippen molar-refractivity contribution in [3.63, 3.8) is 0 Å². The maximum atomic E-state index is 11.0. The Balaban J connectivity index is 1.52. The lowest BCUT2D eigenvalue weighted by Gasteiger charge is -2.29. The van der Waals surface area contributed by atoms with E-state index in [4.69, 9.17) is 9.84 Å². The van der Waals surface area contributed by atoms with Crippen molar-refractivity contribution in [2.45, 2.75) is 44.8 Å². The van der Waals surface area contributed by atoms with Crippen molar-refractivity contribution in [1.82, 2.24) is 14.9 Å². The van der Waals surface area contributed by atoms with Gasteiger partial charge in [0.05, 0.1) is 5.92 Å². The van der Waals surface area contributed by atoms with Gasteiger partial charge in [-0.2, -0.15) is 0 Å². The highest BCUT2D eigenvalue weighted by molar-refractivity contribution is 5.70. The van der Waals surface area contributed by atoms with E-state index in [-0.39, 0.29) is 12.0 Å². The SMILES string of the molecule is O=C(O)C1CCN(Cc2cnc([C@H]3CCCCO3)nc2)CC1. The molecule has 0 spiro atoms. The van der Waals surface area contributed by atoms with Crippen LogP contribution in [0, 0.1) is 5.92 Å². The van der Waals surface area contributed by atoms with Crippen molar-refractivity contribution in [2.75, 3.05) is 19.7 Å². The lowest BCUT2D eigenvalue weighted by molar-refractivity contribution is -0.143. The maximum Gasteiger partial charge on any atom is 0.306 e. The predicted molar refractivity (Wildman–Crippen MR) is 80.2 cm³/mol. The van der Waals surface area contributed by atoms with Gasteiger partial charge in [0.1, 0.15) is 6.10 Å². The molecule has 1 aromatic heterocycles. The lowest BCUT2D eigenvalue weighted by Crippen LogP contribution is -2.35. The monoisotopic (exact) mass is 305 g/mol. The molecule has 1 N–H and O–H groups in total. The second-order valence-electron chi connectivity index (χ2n) is 6.19. The molecule has 120 valence electrons. The Labute approximate surface area is 130 Å². The lowest BCUT2D eigenvalue weighted by atomic mass is 9.97. The molecule has 22 heavy (non-hydrogen) atoms. The Bertz CT molecular complexity index is 492. The summed E-state index contributed by atoms with van der Waals surface area (Å²) in [4.78, 5) is 22.1. The maximum absolute atomic E-state index is 11.0. The van der Waals surface area contributed by atoms with Crippen molar-refractivity contribution >= 4 is 5.97 Å². The highest BCUT2D eigenvalue weighted by Crippen LogP contribution is 2.25. The van der Waals surface area contributed by atoms with E-state index >= 15 is 0 Å². The normalized spacial score (nSPS) is 24.3. The molecule has 1 atom stereocenters. The van der Waals surface area contributed by atoms with Crippen molar-refractivity contribution in [3.8, 4) is 0 Å². The molecular weight excluding hydrogens is 282 g/mol. The Morgan fingerprint density at radius 1 is 1.23 bits per heavy atom. The van der Waals surface area contributed by atoms with Crippen LogP contribution in [0.5, 0.6) is 0 Å². The standard InChI is InChI=1S/C16H23N3O3/c20-16(21)13-4-6-19(7-5-13)11-12-9-17-15(18-10-12)14-3-1-2-8-22-14/h9-10,13-14H,1-8,11H2,(H,20,21)/t14-/m1/s1. The number of carboxylic acid groups (broad SMARTS) is 1. The number of nitrogens with zero attached hydrogens (tertiary/aromatic N) is 3. The molecule has 0 saturated carbocycles. The number of ether oxygens (including phenoxy) is 1. The number of aliphatic carboxylic acids is 1. The first-order chi connectivity index (χ1) is 10.7. The fourth-order valence-electron chi connectivity index (χ4n) is 3.15. The van der Waals surface area contributed by atoms with Crippen molar-refractivity contribution in [3.05, 3.63) is 23.8 Å². The summed E-state index contributed by atoms with van der Waals surface area (Å²) in [7, 11) is 0. The fraction of sp³-hybridized carbons (Fsp3) is 0.688. The van der Waals surface area contributed by atoms with Crippen LogP contribution < -0.4 is 0 Å². The highest BCUT2D eigenvalue weighted by Gasteiger charge is 2.24. The Morgan fingerprint density at radius 3 is 2.55 bits per heavy atom. The molecule has 6 nitrogen and oxygen atoms in total. The van der Waals surface area contributed by atoms with Gasteiger partial charge in [-0.05, 0) is 45.2 Å². The average Bonchev–Trinajstić information content (AvgIpc) is 2.57. The summed E-state index contributed by atoms with van der Waals surface area (Å²) in [5, 5.41) is 9.02. The van der Waals surface area contributed by atoms with E-state index < -0.39 is 5.97 Å². The minimum absolute atomic E-state index is 0.0501. The van der Waals surface area contributed by atoms with Gasteiger partial charge in [0.15, 0.2) is 5.82 Å². The second-order valence-corrected chi connectivity index (χ2v) is 6.19. The zero-order valence-corrected chi connectivity index (χ0v) is 12.8. The van der Waals surface area contributed by atoms with Gasteiger partial charge in [-0.25, -0.2) is 9.97 Å². The summed E-state index contributed by atoms with van der Waals surface area (Å²) in [6, 6.07) is 0. The zero-order valence-electron chi connectivity index (χ0n) is 12.8. The van der Waals surface area contributed by atoms with Gasteiger partial charge in [-0.1, -0.05) is 0 Å². The zero-order chi connectivity index (χ0) is 15.4. The number of hydrogen-bond acceptors (Lipinski definition) is 5. The first kappa shape index (κ1) is 15.4. The molecule has 2 aliphatic rings. The van der Waals surface area contributed by atoms with E-state index in [1.54, 1.807) is 0 Å². The largest absolute Gasteiger partial charge is 0.481 e. The quantitative estimate of drug-likeness (QED) is 0.917. The van der Waals surface area contributed by atoms with Crippen LogP contribution >= 0.6 is 0 Å². The summed E-state index contributed by atoms with van der Waals surface area (Å²) in [6.07, 6.45) is 8.56. The molecule has 0 bridgehead atoms. The van der Waals surface area contributed by atoms with Crippen LogP contribution in [0.2, 0.25) is 0 Å². The van der Waals surface area contributed by atoms with Gasteiger partial charge in [0.25, 0.3) is 0 Å². The second kappa shape index (κ2) is 7.15. The first-order valence-corrected chi connectivity index (χ1v) is 8.10. The first-order valence-electron chi connectivity index (χ1n) is 8.10. The molecule has 3 rings (SSSR count). The van der Waals surface area contributed by atoms with Gasteiger partial charge in [-0.3, -0.25) is 9.69 Å². The summed E-state index contributed by atoms with van der Waals surface area (Å²) >= 11 is 0. The molecule has 0 radical (unpaired) electrons. The summed E-state index contributed by atoms with van der Waals surface area (Å²) in [6.45, 7) is 3.24. The Morgan fingerprint density at radius 2 is 1.95 bits per heavy atom. The number of carbonyl (C=O) groups is 1. The van der Waals surface area contributed by atoms with Gasteiger partial charge in [0.2, 0.25) is 0 Å². The number of aromatic nitrogens is 2. The molecule has 0 unspecified atom stereocenters. The minimum atomic E-state index is -0.667. The van der Waals surface area contributed by atoms with Crippen LogP contribution in [0.3, 0.4) is 0 Å². The predicted octanol–water partition coefficient (Wildman–Crippen LogP) is 2.01. The third-order valence-electron chi connectivity index (χ3n) is 4.54. The average molecular weight is 305 g/mol. The molecular formula is C16H23N3O3. The third kappa shape index (κ3) is 3.81. The summed E-state index contributed by atoms with van der Waals surface area (Å²) in [5.74, 6) is -0.0637. The summed E-state index contributed by atoms with van der Waals surface area (Å²) < 4.78 is 5.70. The topological polar surface area (TPSA) is 75.5 Å². The van der Waals surface area contributed by atoms with E-state index in [0.29, 0.717) is 0 Å². The molecule has 2 saturated heterocycles. The molecule has 2 fully saturated rings. The molecule has 2 aliphatic heterocycles. The molecule has 0 aromatic carbocycles. The number of piperidine rings is 1. The molecule has 3 heterocycles. The van der Waals surface area contributed by atoms with Gasteiger partial charge < -0.3 is 9.84 Å². The molecule has 1 aromatic rings. The van der Waals surface area contributed by atoms with Gasteiger partial charge in [0, 0.05) is 31.1 Å². The van der Waals surface area contributed by atoms with Crippen LogP contribution in [-0.4, -0.2) is 45.6 Å². The van der Waals surface area contributed by atoms with Crippen molar-refractivity contribution in [2.24, 2.45) is 5.92 Å². The van der Waals surface area contributed by atoms with Crippen molar-refractivity contribution < 1.29 is 14.6 Å². The van der Waals surface area contributed by atoms with Gasteiger partial charge >= 0.3 is 5.97 Å². The number of carboxylic acids is 1. The molecule has 6 heteroatoms. The van der Waals surface area contributed by atoms with Crippen molar-refractivity contribution in [1.29, 1.82) is 0 Å². The number of rotatable bonds is 4. The fourth-order valence-corrected chi connectivity index (χ4v) is 3.15. The van der Waals surface area contributed by atoms with Gasteiger partial charge in [-0.15, -0.1) is 0 Å². The van der Waals surface area contributed by atoms with E-state index in [9.17, 15) is 4.79 Å². The number of hydrogen-bond donors (Lipinski definition) is 1. The van der Waals surface area contributed by atoms with Crippen LogP contribution in [0.4, 0.5) is 0 Å². The van der Waals surface area contributed by atoms with Crippen LogP contribution in [-0.2, 0) is 16.1 Å². The van der Waals surface area contributed by atoms with Crippen LogP contribution in [0.15, 0.2) is 12.4 Å². The number of likely N-dealkylation sites (tertiary alicyclic amines) is 1. The summed E-state index contributed by atoms with van der Waals surface area (Å²) in [5.41, 5.74) is 1.08. The van der Waals surface area contributed by atoms with E-state index in [2.05, 4.69) is 14.9 Å². The highest BCUT2D eigenvalue weighted by atomic mass is 16.5. The Kier molecular flexibility index (Phi) is 5.00. The van der Waals surface area contributed by atoms with E-state index in [1.165, 1.54) is 6.42 Å². The Hall–Kier alpha value is -1.53. The molecule has 0 aliphatic carbocycles. The van der Waals surface area contributed by atoms with Crippen LogP contribution in [0.1, 0.15) is 49.6 Å².